The fourth-order valence-corrected chi connectivity index (χ4v) is 4.90. The summed E-state index contributed by atoms with van der Waals surface area (Å²) in [4.78, 5) is 29.9. The topological polar surface area (TPSA) is 61.9 Å². The minimum atomic E-state index is -0.386. The minimum absolute atomic E-state index is 0.228. The van der Waals surface area contributed by atoms with Gasteiger partial charge in [0.2, 0.25) is 11.8 Å². The van der Waals surface area contributed by atoms with Crippen LogP contribution in [0.5, 0.6) is 0 Å². The van der Waals surface area contributed by atoms with Gasteiger partial charge in [0.1, 0.15) is 0 Å². The molecule has 0 radical (unpaired) electrons. The molecule has 3 fully saturated rings. The number of carbonyl (C=O) groups excluding carboxylic acids is 2. The number of nitrogens with one attached hydrogen (secondary N) is 1. The van der Waals surface area contributed by atoms with Crippen LogP contribution in [-0.4, -0.2) is 74.6 Å². The largest absolute Gasteiger partial charge is 0.384 e. The summed E-state index contributed by atoms with van der Waals surface area (Å²) in [6, 6.07) is 0. The second kappa shape index (κ2) is 9.18. The molecule has 0 aromatic carbocycles. The van der Waals surface area contributed by atoms with Crippen LogP contribution in [0.1, 0.15) is 51.4 Å². The average Bonchev–Trinajstić information content (AvgIpc) is 3.03. The summed E-state index contributed by atoms with van der Waals surface area (Å²) < 4.78 is 5.42. The quantitative estimate of drug-likeness (QED) is 0.805. The van der Waals surface area contributed by atoms with Crippen molar-refractivity contribution in [3.63, 3.8) is 0 Å². The fourth-order valence-electron chi connectivity index (χ4n) is 4.90. The molecule has 0 aromatic rings. The van der Waals surface area contributed by atoms with Crippen molar-refractivity contribution in [2.24, 2.45) is 11.3 Å². The highest BCUT2D eigenvalue weighted by atomic mass is 16.5. The van der Waals surface area contributed by atoms with Crippen LogP contribution in [-0.2, 0) is 14.3 Å². The van der Waals surface area contributed by atoms with Gasteiger partial charge in [0.15, 0.2) is 0 Å². The van der Waals surface area contributed by atoms with Gasteiger partial charge in [-0.3, -0.25) is 9.59 Å². The first-order valence-corrected chi connectivity index (χ1v) is 10.4. The SMILES string of the molecule is COCC1(C(=O)N2CCCN(C(=O)CC3CCCC3)CC2)CCNCC1. The summed E-state index contributed by atoms with van der Waals surface area (Å²) in [6.07, 6.45) is 8.21. The van der Waals surface area contributed by atoms with Gasteiger partial charge in [-0.1, -0.05) is 12.8 Å². The van der Waals surface area contributed by atoms with Crippen LogP contribution in [0.3, 0.4) is 0 Å². The minimum Gasteiger partial charge on any atom is -0.384 e. The Hall–Kier alpha value is -1.14. The van der Waals surface area contributed by atoms with Gasteiger partial charge in [-0.15, -0.1) is 0 Å². The third kappa shape index (κ3) is 4.58. The monoisotopic (exact) mass is 365 g/mol. The summed E-state index contributed by atoms with van der Waals surface area (Å²) in [7, 11) is 1.68. The van der Waals surface area contributed by atoms with Crippen molar-refractivity contribution >= 4 is 11.8 Å². The number of nitrogens with zero attached hydrogens (tertiary/aromatic N) is 2. The van der Waals surface area contributed by atoms with E-state index in [4.69, 9.17) is 4.74 Å². The van der Waals surface area contributed by atoms with Gasteiger partial charge >= 0.3 is 0 Å². The molecule has 3 aliphatic rings. The lowest BCUT2D eigenvalue weighted by Gasteiger charge is -2.39. The van der Waals surface area contributed by atoms with Crippen LogP contribution in [0.15, 0.2) is 0 Å². The third-order valence-electron chi connectivity index (χ3n) is 6.51. The molecule has 148 valence electrons. The van der Waals surface area contributed by atoms with Gasteiger partial charge in [-0.05, 0) is 51.1 Å². The highest BCUT2D eigenvalue weighted by Gasteiger charge is 2.42. The number of rotatable bonds is 5. The molecule has 1 N–H and O–H groups in total. The van der Waals surface area contributed by atoms with E-state index in [1.165, 1.54) is 25.7 Å². The molecule has 2 aliphatic heterocycles. The van der Waals surface area contributed by atoms with Crippen LogP contribution in [0.2, 0.25) is 0 Å². The first-order chi connectivity index (χ1) is 12.6. The third-order valence-corrected chi connectivity index (χ3v) is 6.51. The Kier molecular flexibility index (Phi) is 6.92. The van der Waals surface area contributed by atoms with Crippen LogP contribution in [0.25, 0.3) is 0 Å². The fraction of sp³-hybridized carbons (Fsp3) is 0.900. The van der Waals surface area contributed by atoms with Gasteiger partial charge in [0, 0.05) is 39.7 Å². The van der Waals surface area contributed by atoms with E-state index in [9.17, 15) is 9.59 Å². The van der Waals surface area contributed by atoms with Crippen LogP contribution >= 0.6 is 0 Å². The van der Waals surface area contributed by atoms with E-state index in [0.717, 1.165) is 45.4 Å². The highest BCUT2D eigenvalue weighted by molar-refractivity contribution is 5.83. The zero-order valence-corrected chi connectivity index (χ0v) is 16.3. The summed E-state index contributed by atoms with van der Waals surface area (Å²) in [5.41, 5.74) is -0.386. The van der Waals surface area contributed by atoms with E-state index >= 15 is 0 Å². The number of ether oxygens (including phenoxy) is 1. The standard InChI is InChI=1S/C20H35N3O3/c1-26-16-20(7-9-21-10-8-20)19(25)23-12-4-11-22(13-14-23)18(24)15-17-5-2-3-6-17/h17,21H,2-16H2,1H3. The maximum Gasteiger partial charge on any atom is 0.231 e. The second-order valence-corrected chi connectivity index (χ2v) is 8.34. The molecule has 6 nitrogen and oxygen atoms in total. The predicted molar refractivity (Wildman–Crippen MR) is 101 cm³/mol. The number of carbonyl (C=O) groups is 2. The molecule has 2 amide bonds. The van der Waals surface area contributed by atoms with E-state index in [-0.39, 0.29) is 11.3 Å². The maximum absolute atomic E-state index is 13.3. The molecule has 2 saturated heterocycles. The lowest BCUT2D eigenvalue weighted by molar-refractivity contribution is -0.147. The van der Waals surface area contributed by atoms with Crippen LogP contribution < -0.4 is 5.32 Å². The molecule has 3 rings (SSSR count). The molecule has 0 atom stereocenters. The second-order valence-electron chi connectivity index (χ2n) is 8.34. The summed E-state index contributed by atoms with van der Waals surface area (Å²) in [5, 5.41) is 3.35. The Bertz CT molecular complexity index is 479. The van der Waals surface area contributed by atoms with Gasteiger partial charge in [0.25, 0.3) is 0 Å². The number of piperidine rings is 1. The van der Waals surface area contributed by atoms with E-state index in [0.29, 0.717) is 37.9 Å². The van der Waals surface area contributed by atoms with E-state index in [1.54, 1.807) is 7.11 Å². The first kappa shape index (κ1) is 19.6. The Labute approximate surface area is 157 Å². The highest BCUT2D eigenvalue weighted by Crippen LogP contribution is 2.32. The molecule has 0 spiro atoms. The van der Waals surface area contributed by atoms with Gasteiger partial charge in [-0.25, -0.2) is 0 Å². The lowest BCUT2D eigenvalue weighted by Crippen LogP contribution is -2.52. The summed E-state index contributed by atoms with van der Waals surface area (Å²) >= 11 is 0. The molecule has 0 aromatic heterocycles. The lowest BCUT2D eigenvalue weighted by atomic mass is 9.78. The van der Waals surface area contributed by atoms with Crippen molar-refractivity contribution in [2.75, 3.05) is 53.0 Å². The average molecular weight is 366 g/mol. The molecule has 1 saturated carbocycles. The first-order valence-electron chi connectivity index (χ1n) is 10.4. The molecule has 2 heterocycles. The van der Waals surface area contributed by atoms with Gasteiger partial charge < -0.3 is 19.9 Å². The van der Waals surface area contributed by atoms with E-state index in [1.807, 2.05) is 9.80 Å². The number of amides is 2. The van der Waals surface area contributed by atoms with Crippen molar-refractivity contribution in [1.82, 2.24) is 15.1 Å². The van der Waals surface area contributed by atoms with Crippen molar-refractivity contribution in [3.05, 3.63) is 0 Å². The predicted octanol–water partition coefficient (Wildman–Crippen LogP) is 1.64. The Balaban J connectivity index is 1.56. The van der Waals surface area contributed by atoms with Crippen molar-refractivity contribution < 1.29 is 14.3 Å². The number of methoxy groups -OCH3 is 1. The molecule has 6 heteroatoms. The Morgan fingerprint density at radius 3 is 2.35 bits per heavy atom. The van der Waals surface area contributed by atoms with Crippen molar-refractivity contribution in [2.45, 2.75) is 51.4 Å². The van der Waals surface area contributed by atoms with Crippen molar-refractivity contribution in [1.29, 1.82) is 0 Å². The van der Waals surface area contributed by atoms with Gasteiger partial charge in [-0.2, -0.15) is 0 Å². The zero-order chi connectivity index (χ0) is 18.4. The zero-order valence-electron chi connectivity index (χ0n) is 16.3. The Morgan fingerprint density at radius 2 is 1.65 bits per heavy atom. The number of hydrogen-bond donors (Lipinski definition) is 1. The Morgan fingerprint density at radius 1 is 1.00 bits per heavy atom. The molecular weight excluding hydrogens is 330 g/mol. The molecule has 1 aliphatic carbocycles. The normalized spacial score (nSPS) is 24.5. The van der Waals surface area contributed by atoms with E-state index < -0.39 is 0 Å². The number of hydrogen-bond acceptors (Lipinski definition) is 4. The molecule has 26 heavy (non-hydrogen) atoms. The van der Waals surface area contributed by atoms with Crippen molar-refractivity contribution in [3.8, 4) is 0 Å². The van der Waals surface area contributed by atoms with Crippen LogP contribution in [0, 0.1) is 11.3 Å². The van der Waals surface area contributed by atoms with E-state index in [2.05, 4.69) is 5.32 Å². The molecule has 0 unspecified atom stereocenters. The molecule has 0 bridgehead atoms. The summed E-state index contributed by atoms with van der Waals surface area (Å²) in [6.45, 7) is 5.12. The summed E-state index contributed by atoms with van der Waals surface area (Å²) in [5.74, 6) is 1.11. The molecular formula is C20H35N3O3. The van der Waals surface area contributed by atoms with Gasteiger partial charge in [0.05, 0.1) is 12.0 Å². The smallest absolute Gasteiger partial charge is 0.231 e. The van der Waals surface area contributed by atoms with Crippen LogP contribution in [0.4, 0.5) is 0 Å². The maximum atomic E-state index is 13.3.